The standard InChI is InChI=1S/C22H18Br2N2O3S/c1-2-28-21(27)15-5-6-20-19(10-15)25-22(26(20)12-18-4-3-7-29-18)30-13-14-8-16(23)11-17(24)9-14/h3-11H,2,12-13H2,1H3. The zero-order chi connectivity index (χ0) is 21.1. The summed E-state index contributed by atoms with van der Waals surface area (Å²) in [5, 5.41) is 0.860. The van der Waals surface area contributed by atoms with E-state index >= 15 is 0 Å². The molecule has 2 aromatic heterocycles. The van der Waals surface area contributed by atoms with Crippen molar-refractivity contribution in [1.82, 2.24) is 9.55 Å². The van der Waals surface area contributed by atoms with Gasteiger partial charge in [-0.1, -0.05) is 43.6 Å². The summed E-state index contributed by atoms with van der Waals surface area (Å²) >= 11 is 8.72. The summed E-state index contributed by atoms with van der Waals surface area (Å²) in [7, 11) is 0. The van der Waals surface area contributed by atoms with Gasteiger partial charge in [-0.2, -0.15) is 0 Å². The van der Waals surface area contributed by atoms with Crippen LogP contribution >= 0.6 is 43.6 Å². The van der Waals surface area contributed by atoms with E-state index in [1.807, 2.05) is 24.3 Å². The first-order chi connectivity index (χ1) is 14.5. The fraction of sp³-hybridized carbons (Fsp3) is 0.182. The minimum Gasteiger partial charge on any atom is -0.467 e. The summed E-state index contributed by atoms with van der Waals surface area (Å²) in [6, 6.07) is 15.5. The molecule has 2 aromatic carbocycles. The topological polar surface area (TPSA) is 57.3 Å². The molecule has 0 aliphatic carbocycles. The second-order valence-electron chi connectivity index (χ2n) is 6.55. The van der Waals surface area contributed by atoms with Gasteiger partial charge in [0.1, 0.15) is 5.76 Å². The highest BCUT2D eigenvalue weighted by atomic mass is 79.9. The summed E-state index contributed by atoms with van der Waals surface area (Å²) in [5.41, 5.74) is 3.37. The number of rotatable bonds is 7. The minimum atomic E-state index is -0.340. The number of thioether (sulfide) groups is 1. The average molecular weight is 550 g/mol. The van der Waals surface area contributed by atoms with Gasteiger partial charge in [-0.15, -0.1) is 0 Å². The Balaban J connectivity index is 1.69. The number of nitrogens with zero attached hydrogens (tertiary/aromatic N) is 2. The first kappa shape index (κ1) is 21.2. The molecule has 0 spiro atoms. The van der Waals surface area contributed by atoms with Crippen LogP contribution in [0.4, 0.5) is 0 Å². The fourth-order valence-electron chi connectivity index (χ4n) is 3.11. The highest BCUT2D eigenvalue weighted by Crippen LogP contribution is 2.30. The van der Waals surface area contributed by atoms with Crippen molar-refractivity contribution in [3.63, 3.8) is 0 Å². The van der Waals surface area contributed by atoms with E-state index in [4.69, 9.17) is 14.1 Å². The van der Waals surface area contributed by atoms with Crippen molar-refractivity contribution in [1.29, 1.82) is 0 Å². The van der Waals surface area contributed by atoms with Crippen molar-refractivity contribution in [3.05, 3.63) is 80.6 Å². The number of ether oxygens (including phenoxy) is 1. The van der Waals surface area contributed by atoms with Crippen LogP contribution < -0.4 is 0 Å². The Bertz CT molecular complexity index is 1170. The van der Waals surface area contributed by atoms with Crippen LogP contribution in [0.2, 0.25) is 0 Å². The molecule has 4 aromatic rings. The van der Waals surface area contributed by atoms with E-state index in [1.54, 1.807) is 37.1 Å². The zero-order valence-electron chi connectivity index (χ0n) is 16.1. The van der Waals surface area contributed by atoms with Crippen molar-refractivity contribution < 1.29 is 13.9 Å². The molecule has 154 valence electrons. The number of benzene rings is 2. The molecular weight excluding hydrogens is 532 g/mol. The number of carbonyl (C=O) groups excluding carboxylic acids is 1. The average Bonchev–Trinajstić information content (AvgIpc) is 3.34. The Morgan fingerprint density at radius 3 is 2.67 bits per heavy atom. The Hall–Kier alpha value is -2.03. The Morgan fingerprint density at radius 1 is 1.17 bits per heavy atom. The number of esters is 1. The summed E-state index contributed by atoms with van der Waals surface area (Å²) in [5.74, 6) is 1.26. The number of imidazole rings is 1. The Morgan fingerprint density at radius 2 is 1.97 bits per heavy atom. The van der Waals surface area contributed by atoms with Crippen LogP contribution in [0, 0.1) is 0 Å². The Kier molecular flexibility index (Phi) is 6.65. The highest BCUT2D eigenvalue weighted by Gasteiger charge is 2.16. The van der Waals surface area contributed by atoms with Gasteiger partial charge >= 0.3 is 5.97 Å². The lowest BCUT2D eigenvalue weighted by Gasteiger charge is -2.08. The number of carbonyl (C=O) groups is 1. The molecule has 0 saturated carbocycles. The molecule has 8 heteroatoms. The zero-order valence-corrected chi connectivity index (χ0v) is 20.1. The molecule has 0 atom stereocenters. The summed E-state index contributed by atoms with van der Waals surface area (Å²) in [6.07, 6.45) is 1.67. The second-order valence-corrected chi connectivity index (χ2v) is 9.32. The molecule has 0 aliphatic heterocycles. The molecule has 0 bridgehead atoms. The molecule has 0 radical (unpaired) electrons. The van der Waals surface area contributed by atoms with E-state index in [2.05, 4.69) is 48.6 Å². The van der Waals surface area contributed by atoms with Crippen LogP contribution in [0.5, 0.6) is 0 Å². The molecule has 0 saturated heterocycles. The lowest BCUT2D eigenvalue weighted by molar-refractivity contribution is 0.0526. The lowest BCUT2D eigenvalue weighted by Crippen LogP contribution is -2.04. The van der Waals surface area contributed by atoms with Crippen LogP contribution in [0.1, 0.15) is 28.6 Å². The number of hydrogen-bond donors (Lipinski definition) is 0. The van der Waals surface area contributed by atoms with Gasteiger partial charge < -0.3 is 13.7 Å². The van der Waals surface area contributed by atoms with Crippen molar-refractivity contribution >= 4 is 60.6 Å². The predicted molar refractivity (Wildman–Crippen MR) is 125 cm³/mol. The van der Waals surface area contributed by atoms with Crippen molar-refractivity contribution in [3.8, 4) is 0 Å². The van der Waals surface area contributed by atoms with Crippen LogP contribution in [0.3, 0.4) is 0 Å². The summed E-state index contributed by atoms with van der Waals surface area (Å²) in [6.45, 7) is 2.70. The lowest BCUT2D eigenvalue weighted by atomic mass is 10.2. The van der Waals surface area contributed by atoms with E-state index in [0.717, 1.165) is 36.6 Å². The smallest absolute Gasteiger partial charge is 0.338 e. The van der Waals surface area contributed by atoms with Crippen LogP contribution in [0.25, 0.3) is 11.0 Å². The van der Waals surface area contributed by atoms with E-state index in [9.17, 15) is 4.79 Å². The fourth-order valence-corrected chi connectivity index (χ4v) is 5.45. The third-order valence-electron chi connectivity index (χ3n) is 4.41. The molecule has 0 unspecified atom stereocenters. The van der Waals surface area contributed by atoms with Gasteiger partial charge in [-0.05, 0) is 61.0 Å². The second kappa shape index (κ2) is 9.41. The first-order valence-electron chi connectivity index (χ1n) is 9.31. The van der Waals surface area contributed by atoms with E-state index < -0.39 is 0 Å². The van der Waals surface area contributed by atoms with Crippen molar-refractivity contribution in [2.75, 3.05) is 6.61 Å². The normalized spacial score (nSPS) is 11.2. The molecule has 0 fully saturated rings. The van der Waals surface area contributed by atoms with Gasteiger partial charge in [-0.3, -0.25) is 0 Å². The number of aromatic nitrogens is 2. The number of furan rings is 1. The minimum absolute atomic E-state index is 0.340. The van der Waals surface area contributed by atoms with Gasteiger partial charge in [0.15, 0.2) is 5.16 Å². The molecule has 5 nitrogen and oxygen atoms in total. The van der Waals surface area contributed by atoms with Gasteiger partial charge in [-0.25, -0.2) is 9.78 Å². The van der Waals surface area contributed by atoms with Crippen LogP contribution in [-0.4, -0.2) is 22.1 Å². The molecule has 0 N–H and O–H groups in total. The molecular formula is C22H18Br2N2O3S. The first-order valence-corrected chi connectivity index (χ1v) is 11.9. The van der Waals surface area contributed by atoms with Gasteiger partial charge in [0.2, 0.25) is 0 Å². The van der Waals surface area contributed by atoms with Gasteiger partial charge in [0.25, 0.3) is 0 Å². The maximum Gasteiger partial charge on any atom is 0.338 e. The molecule has 2 heterocycles. The summed E-state index contributed by atoms with van der Waals surface area (Å²) in [4.78, 5) is 16.9. The predicted octanol–water partition coefficient (Wildman–Crippen LogP) is 6.67. The number of hydrogen-bond acceptors (Lipinski definition) is 5. The third kappa shape index (κ3) is 4.82. The molecule has 4 rings (SSSR count). The van der Waals surface area contributed by atoms with Crippen molar-refractivity contribution in [2.24, 2.45) is 0 Å². The Labute approximate surface area is 195 Å². The third-order valence-corrected chi connectivity index (χ3v) is 6.37. The number of fused-ring (bicyclic) bond motifs is 1. The van der Waals surface area contributed by atoms with E-state index in [1.165, 1.54) is 5.56 Å². The number of halogens is 2. The maximum absolute atomic E-state index is 12.1. The molecule has 30 heavy (non-hydrogen) atoms. The quantitative estimate of drug-likeness (QED) is 0.190. The molecule has 0 amide bonds. The summed E-state index contributed by atoms with van der Waals surface area (Å²) < 4.78 is 14.8. The maximum atomic E-state index is 12.1. The van der Waals surface area contributed by atoms with Crippen LogP contribution in [-0.2, 0) is 17.0 Å². The monoisotopic (exact) mass is 548 g/mol. The van der Waals surface area contributed by atoms with Gasteiger partial charge in [0.05, 0.1) is 36.0 Å². The SMILES string of the molecule is CCOC(=O)c1ccc2c(c1)nc(SCc1cc(Br)cc(Br)c1)n2Cc1ccco1. The largest absolute Gasteiger partial charge is 0.467 e. The van der Waals surface area contributed by atoms with Gasteiger partial charge in [0, 0.05) is 14.7 Å². The molecule has 0 aliphatic rings. The van der Waals surface area contributed by atoms with E-state index in [0.29, 0.717) is 18.7 Å². The van der Waals surface area contributed by atoms with E-state index in [-0.39, 0.29) is 5.97 Å². The highest BCUT2D eigenvalue weighted by molar-refractivity contribution is 9.11. The van der Waals surface area contributed by atoms with Crippen LogP contribution in [0.15, 0.2) is 73.3 Å². The van der Waals surface area contributed by atoms with Crippen molar-refractivity contribution in [2.45, 2.75) is 24.4 Å².